The molecule has 5 nitrogen and oxygen atoms in total. The van der Waals surface area contributed by atoms with Gasteiger partial charge in [0, 0.05) is 25.8 Å². The van der Waals surface area contributed by atoms with Crippen LogP contribution in [0.25, 0.3) is 0 Å². The highest BCUT2D eigenvalue weighted by Gasteiger charge is 2.01. The molecule has 0 unspecified atom stereocenters. The Kier molecular flexibility index (Phi) is 7.18. The van der Waals surface area contributed by atoms with Crippen molar-refractivity contribution in [3.8, 4) is 0 Å². The van der Waals surface area contributed by atoms with Crippen LogP contribution in [0.3, 0.4) is 0 Å². The van der Waals surface area contributed by atoms with Crippen LogP contribution in [0.15, 0.2) is 6.07 Å². The third-order valence-corrected chi connectivity index (χ3v) is 2.74. The maximum atomic E-state index is 8.76. The highest BCUT2D eigenvalue weighted by molar-refractivity contribution is 5.47. The summed E-state index contributed by atoms with van der Waals surface area (Å²) in [6, 6.07) is 1.92. The second-order valence-corrected chi connectivity index (χ2v) is 5.15. The van der Waals surface area contributed by atoms with Crippen LogP contribution in [0.5, 0.6) is 0 Å². The minimum atomic E-state index is 0.192. The number of aliphatic hydroxyl groups is 1. The first kappa shape index (κ1) is 15.7. The third-order valence-electron chi connectivity index (χ3n) is 2.74. The number of rotatable bonds is 9. The van der Waals surface area contributed by atoms with E-state index < -0.39 is 0 Å². The van der Waals surface area contributed by atoms with Crippen LogP contribution >= 0.6 is 0 Å². The molecule has 1 aromatic rings. The fourth-order valence-electron chi connectivity index (χ4n) is 1.77. The minimum Gasteiger partial charge on any atom is -0.396 e. The lowest BCUT2D eigenvalue weighted by molar-refractivity contribution is 0.292. The fourth-order valence-corrected chi connectivity index (χ4v) is 1.77. The Labute approximate surface area is 115 Å². The second-order valence-electron chi connectivity index (χ2n) is 5.15. The predicted octanol–water partition coefficient (Wildman–Crippen LogP) is 2.43. The van der Waals surface area contributed by atoms with Crippen LogP contribution in [0, 0.1) is 12.8 Å². The Morgan fingerprint density at radius 1 is 1.11 bits per heavy atom. The summed E-state index contributed by atoms with van der Waals surface area (Å²) in [7, 11) is 0. The zero-order chi connectivity index (χ0) is 14.1. The monoisotopic (exact) mass is 266 g/mol. The Morgan fingerprint density at radius 3 is 2.21 bits per heavy atom. The Bertz CT molecular complexity index is 368. The van der Waals surface area contributed by atoms with Crippen LogP contribution in [0.1, 0.15) is 38.9 Å². The number of nitrogens with zero attached hydrogens (tertiary/aromatic N) is 2. The number of anilines is 2. The van der Waals surface area contributed by atoms with Gasteiger partial charge in [-0.3, -0.25) is 0 Å². The highest BCUT2D eigenvalue weighted by Crippen LogP contribution is 2.12. The summed E-state index contributed by atoms with van der Waals surface area (Å²) in [6.45, 7) is 8.20. The lowest BCUT2D eigenvalue weighted by Gasteiger charge is -2.10. The van der Waals surface area contributed by atoms with Gasteiger partial charge in [0.05, 0.1) is 0 Å². The SMILES string of the molecule is Cc1nc(NCCCO)cc(NCCCC(C)C)n1. The van der Waals surface area contributed by atoms with E-state index in [1.165, 1.54) is 6.42 Å². The molecule has 0 aliphatic carbocycles. The molecule has 1 heterocycles. The molecule has 1 rings (SSSR count). The second kappa shape index (κ2) is 8.69. The van der Waals surface area contributed by atoms with E-state index >= 15 is 0 Å². The number of hydrogen-bond acceptors (Lipinski definition) is 5. The number of aliphatic hydroxyl groups excluding tert-OH is 1. The molecule has 0 aliphatic rings. The molecular formula is C14H26N4O. The first-order valence-corrected chi connectivity index (χ1v) is 7.06. The Morgan fingerprint density at radius 2 is 1.68 bits per heavy atom. The van der Waals surface area contributed by atoms with E-state index in [1.54, 1.807) is 0 Å². The van der Waals surface area contributed by atoms with E-state index in [1.807, 2.05) is 13.0 Å². The molecule has 0 fully saturated rings. The molecular weight excluding hydrogens is 240 g/mol. The number of aromatic nitrogens is 2. The zero-order valence-electron chi connectivity index (χ0n) is 12.2. The largest absolute Gasteiger partial charge is 0.396 e. The Hall–Kier alpha value is -1.36. The molecule has 0 radical (unpaired) electrons. The summed E-state index contributed by atoms with van der Waals surface area (Å²) in [6.07, 6.45) is 3.09. The van der Waals surface area contributed by atoms with Crippen LogP contribution in [0.2, 0.25) is 0 Å². The maximum Gasteiger partial charge on any atom is 0.131 e. The van der Waals surface area contributed by atoms with Crippen molar-refractivity contribution in [2.24, 2.45) is 5.92 Å². The van der Waals surface area contributed by atoms with Crippen molar-refractivity contribution in [2.75, 3.05) is 30.3 Å². The summed E-state index contributed by atoms with van der Waals surface area (Å²) >= 11 is 0. The van der Waals surface area contributed by atoms with Gasteiger partial charge < -0.3 is 15.7 Å². The topological polar surface area (TPSA) is 70.1 Å². The first-order chi connectivity index (χ1) is 9.11. The zero-order valence-corrected chi connectivity index (χ0v) is 12.2. The first-order valence-electron chi connectivity index (χ1n) is 7.06. The van der Waals surface area contributed by atoms with Gasteiger partial charge in [-0.25, -0.2) is 9.97 Å². The quantitative estimate of drug-likeness (QED) is 0.599. The molecule has 0 aromatic carbocycles. The van der Waals surface area contributed by atoms with Gasteiger partial charge in [0.2, 0.25) is 0 Å². The molecule has 0 saturated carbocycles. The van der Waals surface area contributed by atoms with Crippen molar-refractivity contribution in [1.29, 1.82) is 0 Å². The number of aryl methyl sites for hydroxylation is 1. The molecule has 0 saturated heterocycles. The van der Waals surface area contributed by atoms with Crippen molar-refractivity contribution in [3.63, 3.8) is 0 Å². The highest BCUT2D eigenvalue weighted by atomic mass is 16.3. The van der Waals surface area contributed by atoms with Crippen molar-refractivity contribution < 1.29 is 5.11 Å². The molecule has 1 aromatic heterocycles. The van der Waals surface area contributed by atoms with Gasteiger partial charge in [0.25, 0.3) is 0 Å². The molecule has 0 atom stereocenters. The Balaban J connectivity index is 2.44. The lowest BCUT2D eigenvalue weighted by atomic mass is 10.1. The van der Waals surface area contributed by atoms with Gasteiger partial charge in [-0.05, 0) is 32.1 Å². The van der Waals surface area contributed by atoms with Gasteiger partial charge in [-0.2, -0.15) is 0 Å². The average molecular weight is 266 g/mol. The molecule has 0 bridgehead atoms. The molecule has 19 heavy (non-hydrogen) atoms. The molecule has 0 amide bonds. The summed E-state index contributed by atoms with van der Waals surface area (Å²) in [5.41, 5.74) is 0. The van der Waals surface area contributed by atoms with Gasteiger partial charge in [-0.15, -0.1) is 0 Å². The van der Waals surface area contributed by atoms with Crippen molar-refractivity contribution >= 4 is 11.6 Å². The van der Waals surface area contributed by atoms with E-state index in [4.69, 9.17) is 5.11 Å². The smallest absolute Gasteiger partial charge is 0.131 e. The van der Waals surface area contributed by atoms with Gasteiger partial charge in [-0.1, -0.05) is 13.8 Å². The van der Waals surface area contributed by atoms with Gasteiger partial charge in [0.1, 0.15) is 17.5 Å². The molecule has 3 N–H and O–H groups in total. The lowest BCUT2D eigenvalue weighted by Crippen LogP contribution is -2.09. The summed E-state index contributed by atoms with van der Waals surface area (Å²) in [5, 5.41) is 15.3. The molecule has 0 aliphatic heterocycles. The van der Waals surface area contributed by atoms with Crippen molar-refractivity contribution in [3.05, 3.63) is 11.9 Å². The summed E-state index contributed by atoms with van der Waals surface area (Å²) in [5.74, 6) is 3.17. The van der Waals surface area contributed by atoms with E-state index in [0.717, 1.165) is 49.3 Å². The normalized spacial score (nSPS) is 10.8. The van der Waals surface area contributed by atoms with E-state index in [-0.39, 0.29) is 6.61 Å². The van der Waals surface area contributed by atoms with Gasteiger partial charge in [0.15, 0.2) is 0 Å². The number of nitrogens with one attached hydrogen (secondary N) is 2. The maximum absolute atomic E-state index is 8.76. The summed E-state index contributed by atoms with van der Waals surface area (Å²) < 4.78 is 0. The summed E-state index contributed by atoms with van der Waals surface area (Å²) in [4.78, 5) is 8.69. The van der Waals surface area contributed by atoms with Crippen LogP contribution in [0.4, 0.5) is 11.6 Å². The van der Waals surface area contributed by atoms with Crippen molar-refractivity contribution in [2.45, 2.75) is 40.0 Å². The fraction of sp³-hybridized carbons (Fsp3) is 0.714. The van der Waals surface area contributed by atoms with Gasteiger partial charge >= 0.3 is 0 Å². The van der Waals surface area contributed by atoms with Crippen molar-refractivity contribution in [1.82, 2.24) is 9.97 Å². The van der Waals surface area contributed by atoms with E-state index in [0.29, 0.717) is 0 Å². The molecule has 108 valence electrons. The van der Waals surface area contributed by atoms with Crippen LogP contribution in [-0.4, -0.2) is 34.8 Å². The van der Waals surface area contributed by atoms with E-state index in [9.17, 15) is 0 Å². The van der Waals surface area contributed by atoms with Crippen LogP contribution in [-0.2, 0) is 0 Å². The minimum absolute atomic E-state index is 0.192. The van der Waals surface area contributed by atoms with Crippen LogP contribution < -0.4 is 10.6 Å². The molecule has 0 spiro atoms. The van der Waals surface area contributed by atoms with E-state index in [2.05, 4.69) is 34.4 Å². The standard InChI is InChI=1S/C14H26N4O/c1-11(2)6-4-7-15-13-10-14(16-8-5-9-19)18-12(3)17-13/h10-11,19H,4-9H2,1-3H3,(H2,15,16,17,18). The average Bonchev–Trinajstić information content (AvgIpc) is 2.34. The molecule has 5 heteroatoms. The predicted molar refractivity (Wildman–Crippen MR) is 79.5 cm³/mol. The third kappa shape index (κ3) is 6.96. The number of hydrogen-bond donors (Lipinski definition) is 3.